The van der Waals surface area contributed by atoms with Crippen LogP contribution >= 0.6 is 15.9 Å². The van der Waals surface area contributed by atoms with E-state index >= 15 is 0 Å². The van der Waals surface area contributed by atoms with E-state index in [4.69, 9.17) is 4.74 Å². The van der Waals surface area contributed by atoms with Crippen molar-refractivity contribution in [2.45, 2.75) is 45.4 Å². The zero-order valence-corrected chi connectivity index (χ0v) is 13.9. The summed E-state index contributed by atoms with van der Waals surface area (Å²) in [6.07, 6.45) is 6.20. The molecule has 2 atom stereocenters. The van der Waals surface area contributed by atoms with Gasteiger partial charge in [-0.15, -0.1) is 0 Å². The van der Waals surface area contributed by atoms with Crippen molar-refractivity contribution in [1.82, 2.24) is 0 Å². The number of hydrogen-bond donors (Lipinski definition) is 0. The van der Waals surface area contributed by atoms with Crippen molar-refractivity contribution in [1.29, 1.82) is 0 Å². The van der Waals surface area contributed by atoms with Gasteiger partial charge in [0.05, 0.1) is 7.11 Å². The second kappa shape index (κ2) is 7.26. The molecule has 0 bridgehead atoms. The predicted octanol–water partition coefficient (Wildman–Crippen LogP) is 4.79. The Balaban J connectivity index is 2.09. The zero-order chi connectivity index (χ0) is 14.5. The van der Waals surface area contributed by atoms with Crippen LogP contribution in [0, 0.1) is 11.8 Å². The first-order valence-electron chi connectivity index (χ1n) is 7.49. The van der Waals surface area contributed by atoms with Crippen molar-refractivity contribution in [2.75, 3.05) is 7.11 Å². The van der Waals surface area contributed by atoms with Gasteiger partial charge in [-0.1, -0.05) is 35.7 Å². The summed E-state index contributed by atoms with van der Waals surface area (Å²) in [4.78, 5) is 12.2. The Morgan fingerprint density at radius 3 is 2.90 bits per heavy atom. The third-order valence-corrected chi connectivity index (χ3v) is 5.06. The van der Waals surface area contributed by atoms with E-state index in [-0.39, 0.29) is 5.92 Å². The van der Waals surface area contributed by atoms with Gasteiger partial charge in [-0.25, -0.2) is 0 Å². The van der Waals surface area contributed by atoms with E-state index in [0.717, 1.165) is 41.8 Å². The van der Waals surface area contributed by atoms with Crippen molar-refractivity contribution in [3.8, 4) is 5.75 Å². The molecule has 1 aliphatic carbocycles. The van der Waals surface area contributed by atoms with Gasteiger partial charge in [0.25, 0.3) is 0 Å². The van der Waals surface area contributed by atoms with Crippen LogP contribution in [0.4, 0.5) is 0 Å². The highest BCUT2D eigenvalue weighted by Crippen LogP contribution is 2.34. The van der Waals surface area contributed by atoms with Gasteiger partial charge in [0, 0.05) is 16.8 Å². The highest BCUT2D eigenvalue weighted by molar-refractivity contribution is 9.10. The molecule has 0 aromatic heterocycles. The molecule has 1 aromatic rings. The Hall–Kier alpha value is -0.830. The van der Waals surface area contributed by atoms with Crippen LogP contribution in [-0.2, 0) is 11.2 Å². The standard InChI is InChI=1S/C17H23BrO2/c1-3-4-12-5-8-17(19)14(9-12)10-13-11-15(20-2)6-7-16(13)18/h6-7,11-12,14H,3-5,8-10H2,1-2H3. The number of ketones is 1. The van der Waals surface area contributed by atoms with E-state index in [9.17, 15) is 4.79 Å². The Labute approximate surface area is 130 Å². The molecule has 0 amide bonds. The highest BCUT2D eigenvalue weighted by Gasteiger charge is 2.28. The normalized spacial score (nSPS) is 22.9. The monoisotopic (exact) mass is 338 g/mol. The third-order valence-electron chi connectivity index (χ3n) is 4.29. The predicted molar refractivity (Wildman–Crippen MR) is 85.1 cm³/mol. The van der Waals surface area contributed by atoms with Crippen molar-refractivity contribution >= 4 is 21.7 Å². The van der Waals surface area contributed by atoms with Gasteiger partial charge in [0.15, 0.2) is 0 Å². The fourth-order valence-electron chi connectivity index (χ4n) is 3.17. The zero-order valence-electron chi connectivity index (χ0n) is 12.3. The topological polar surface area (TPSA) is 26.3 Å². The Morgan fingerprint density at radius 1 is 1.40 bits per heavy atom. The van der Waals surface area contributed by atoms with Crippen LogP contribution in [0.3, 0.4) is 0 Å². The molecule has 1 fully saturated rings. The fraction of sp³-hybridized carbons (Fsp3) is 0.588. The molecule has 20 heavy (non-hydrogen) atoms. The molecule has 2 unspecified atom stereocenters. The molecule has 2 rings (SSSR count). The number of benzene rings is 1. The largest absolute Gasteiger partial charge is 0.497 e. The number of methoxy groups -OCH3 is 1. The molecule has 2 nitrogen and oxygen atoms in total. The minimum atomic E-state index is 0.184. The molecule has 0 radical (unpaired) electrons. The highest BCUT2D eigenvalue weighted by atomic mass is 79.9. The number of carbonyl (C=O) groups is 1. The maximum atomic E-state index is 12.2. The molecule has 0 aliphatic heterocycles. The number of ether oxygens (including phenoxy) is 1. The van der Waals surface area contributed by atoms with Crippen LogP contribution in [0.25, 0.3) is 0 Å². The van der Waals surface area contributed by atoms with Crippen molar-refractivity contribution in [3.05, 3.63) is 28.2 Å². The lowest BCUT2D eigenvalue weighted by Crippen LogP contribution is -2.26. The van der Waals surface area contributed by atoms with Crippen LogP contribution in [0.5, 0.6) is 5.75 Å². The minimum Gasteiger partial charge on any atom is -0.497 e. The first-order valence-corrected chi connectivity index (χ1v) is 8.28. The Morgan fingerprint density at radius 2 is 2.20 bits per heavy atom. The van der Waals surface area contributed by atoms with Crippen molar-refractivity contribution < 1.29 is 9.53 Å². The number of rotatable bonds is 5. The summed E-state index contributed by atoms with van der Waals surface area (Å²) in [6.45, 7) is 2.23. The van der Waals surface area contributed by atoms with Gasteiger partial charge in [0.1, 0.15) is 11.5 Å². The summed E-state index contributed by atoms with van der Waals surface area (Å²) in [7, 11) is 1.68. The molecule has 0 saturated heterocycles. The number of Topliss-reactive ketones (excluding diaryl/α,β-unsaturated/α-hetero) is 1. The fourth-order valence-corrected chi connectivity index (χ4v) is 3.58. The van der Waals surface area contributed by atoms with Gasteiger partial charge in [-0.05, 0) is 48.9 Å². The lowest BCUT2D eigenvalue weighted by molar-refractivity contribution is -0.125. The van der Waals surface area contributed by atoms with Gasteiger partial charge < -0.3 is 4.74 Å². The summed E-state index contributed by atoms with van der Waals surface area (Å²) in [5, 5.41) is 0. The molecule has 0 heterocycles. The molecule has 3 heteroatoms. The molecular weight excluding hydrogens is 316 g/mol. The molecule has 1 aromatic carbocycles. The van der Waals surface area contributed by atoms with E-state index in [0.29, 0.717) is 5.78 Å². The second-order valence-corrected chi connectivity index (χ2v) is 6.61. The summed E-state index contributed by atoms with van der Waals surface area (Å²) >= 11 is 3.59. The first-order chi connectivity index (χ1) is 9.63. The average molecular weight is 339 g/mol. The lowest BCUT2D eigenvalue weighted by atomic mass is 9.76. The molecule has 1 aliphatic rings. The van der Waals surface area contributed by atoms with Crippen LogP contribution in [0.15, 0.2) is 22.7 Å². The van der Waals surface area contributed by atoms with Crippen LogP contribution in [-0.4, -0.2) is 12.9 Å². The van der Waals surface area contributed by atoms with Crippen LogP contribution in [0.2, 0.25) is 0 Å². The number of halogens is 1. The first kappa shape index (κ1) is 15.6. The van der Waals surface area contributed by atoms with E-state index in [1.165, 1.54) is 18.4 Å². The maximum absolute atomic E-state index is 12.2. The molecule has 110 valence electrons. The summed E-state index contributed by atoms with van der Waals surface area (Å²) < 4.78 is 6.35. The average Bonchev–Trinajstić information content (AvgIpc) is 2.45. The summed E-state index contributed by atoms with van der Waals surface area (Å²) in [5.41, 5.74) is 1.18. The summed E-state index contributed by atoms with van der Waals surface area (Å²) in [6, 6.07) is 5.99. The van der Waals surface area contributed by atoms with Crippen LogP contribution in [0.1, 0.15) is 44.6 Å². The van der Waals surface area contributed by atoms with Crippen LogP contribution < -0.4 is 4.74 Å². The van der Waals surface area contributed by atoms with E-state index < -0.39 is 0 Å². The third kappa shape index (κ3) is 3.85. The van der Waals surface area contributed by atoms with E-state index in [1.807, 2.05) is 18.2 Å². The maximum Gasteiger partial charge on any atom is 0.136 e. The van der Waals surface area contributed by atoms with Crippen molar-refractivity contribution in [2.24, 2.45) is 11.8 Å². The van der Waals surface area contributed by atoms with Gasteiger partial charge in [-0.3, -0.25) is 4.79 Å². The molecular formula is C17H23BrO2. The number of carbonyl (C=O) groups excluding carboxylic acids is 1. The SMILES string of the molecule is CCCC1CCC(=O)C(Cc2cc(OC)ccc2Br)C1. The minimum absolute atomic E-state index is 0.184. The van der Waals surface area contributed by atoms with Gasteiger partial charge >= 0.3 is 0 Å². The molecule has 1 saturated carbocycles. The smallest absolute Gasteiger partial charge is 0.136 e. The van der Waals surface area contributed by atoms with Gasteiger partial charge in [-0.2, -0.15) is 0 Å². The molecule has 0 spiro atoms. The van der Waals surface area contributed by atoms with E-state index in [1.54, 1.807) is 7.11 Å². The second-order valence-electron chi connectivity index (χ2n) is 5.75. The van der Waals surface area contributed by atoms with Crippen molar-refractivity contribution in [3.63, 3.8) is 0 Å². The summed E-state index contributed by atoms with van der Waals surface area (Å²) in [5.74, 6) is 2.21. The van der Waals surface area contributed by atoms with Gasteiger partial charge in [0.2, 0.25) is 0 Å². The van der Waals surface area contributed by atoms with E-state index in [2.05, 4.69) is 22.9 Å². The quantitative estimate of drug-likeness (QED) is 0.771. The number of hydrogen-bond acceptors (Lipinski definition) is 2. The Bertz CT molecular complexity index is 470. The Kier molecular flexibility index (Phi) is 5.64. The lowest BCUT2D eigenvalue weighted by Gasteiger charge is -2.28. The molecule has 0 N–H and O–H groups in total.